The summed E-state index contributed by atoms with van der Waals surface area (Å²) in [5.74, 6) is 0.0130. The maximum absolute atomic E-state index is 12.6. The van der Waals surface area contributed by atoms with Gasteiger partial charge in [0.05, 0.1) is 18.5 Å². The molecule has 1 aromatic carbocycles. The minimum absolute atomic E-state index is 0.231. The Labute approximate surface area is 185 Å². The van der Waals surface area contributed by atoms with Crippen molar-refractivity contribution in [2.75, 3.05) is 12.4 Å². The maximum Gasteiger partial charge on any atom is 0.305 e. The minimum Gasteiger partial charge on any atom is -0.469 e. The summed E-state index contributed by atoms with van der Waals surface area (Å²) in [5, 5.41) is 17.0. The van der Waals surface area contributed by atoms with E-state index in [1.54, 1.807) is 12.1 Å². The van der Waals surface area contributed by atoms with Gasteiger partial charge < -0.3 is 4.74 Å². The van der Waals surface area contributed by atoms with Gasteiger partial charge >= 0.3 is 5.97 Å². The molecule has 9 heteroatoms. The third-order valence-electron chi connectivity index (χ3n) is 4.89. The summed E-state index contributed by atoms with van der Waals surface area (Å²) in [4.78, 5) is 24.0. The lowest BCUT2D eigenvalue weighted by Gasteiger charge is -2.07. The third kappa shape index (κ3) is 5.55. The van der Waals surface area contributed by atoms with E-state index in [9.17, 15) is 9.59 Å². The average molecular weight is 442 g/mol. The van der Waals surface area contributed by atoms with Crippen LogP contribution in [0.5, 0.6) is 0 Å². The van der Waals surface area contributed by atoms with Gasteiger partial charge in [-0.2, -0.15) is 5.10 Å². The van der Waals surface area contributed by atoms with Crippen molar-refractivity contribution in [1.82, 2.24) is 20.0 Å². The predicted octanol–water partition coefficient (Wildman–Crippen LogP) is 3.90. The van der Waals surface area contributed by atoms with Crippen molar-refractivity contribution in [1.29, 1.82) is 0 Å². The number of amides is 1. The molecule has 3 rings (SSSR count). The summed E-state index contributed by atoms with van der Waals surface area (Å²) in [5.41, 5.74) is 4.23. The van der Waals surface area contributed by atoms with E-state index >= 15 is 0 Å². The lowest BCUT2D eigenvalue weighted by molar-refractivity contribution is -0.140. The van der Waals surface area contributed by atoms with Gasteiger partial charge in [0.15, 0.2) is 0 Å². The molecule has 0 aliphatic rings. The van der Waals surface area contributed by atoms with Crippen LogP contribution in [0.4, 0.5) is 5.13 Å². The fourth-order valence-electron chi connectivity index (χ4n) is 3.28. The molecule has 0 spiro atoms. The largest absolute Gasteiger partial charge is 0.469 e. The Balaban J connectivity index is 1.70. The summed E-state index contributed by atoms with van der Waals surface area (Å²) in [7, 11) is 1.39. The van der Waals surface area contributed by atoms with Crippen molar-refractivity contribution in [3.63, 3.8) is 0 Å². The second-order valence-electron chi connectivity index (χ2n) is 7.74. The first-order valence-electron chi connectivity index (χ1n) is 10.1. The van der Waals surface area contributed by atoms with Gasteiger partial charge in [-0.3, -0.25) is 14.9 Å². The number of hydrogen-bond donors (Lipinski definition) is 1. The zero-order chi connectivity index (χ0) is 22.5. The van der Waals surface area contributed by atoms with Gasteiger partial charge in [0, 0.05) is 24.1 Å². The first-order chi connectivity index (χ1) is 14.8. The van der Waals surface area contributed by atoms with E-state index in [0.717, 1.165) is 34.1 Å². The Morgan fingerprint density at radius 1 is 1.16 bits per heavy atom. The van der Waals surface area contributed by atoms with Crippen LogP contribution in [0.3, 0.4) is 0 Å². The molecule has 0 saturated carbocycles. The Hall–Kier alpha value is -3.07. The van der Waals surface area contributed by atoms with Crippen LogP contribution in [0.2, 0.25) is 0 Å². The molecule has 8 nitrogen and oxygen atoms in total. The van der Waals surface area contributed by atoms with E-state index in [1.807, 2.05) is 30.7 Å². The van der Waals surface area contributed by atoms with Crippen molar-refractivity contribution >= 4 is 28.3 Å². The molecule has 0 aliphatic carbocycles. The van der Waals surface area contributed by atoms with Crippen LogP contribution < -0.4 is 5.32 Å². The number of aryl methyl sites for hydroxylation is 1. The Bertz CT molecular complexity index is 1070. The number of esters is 1. The van der Waals surface area contributed by atoms with Gasteiger partial charge in [-0.25, -0.2) is 4.68 Å². The highest BCUT2D eigenvalue weighted by atomic mass is 32.1. The number of benzene rings is 1. The second-order valence-corrected chi connectivity index (χ2v) is 8.80. The minimum atomic E-state index is -0.242. The van der Waals surface area contributed by atoms with Crippen molar-refractivity contribution in [2.24, 2.45) is 5.92 Å². The number of nitrogens with zero attached hydrogens (tertiary/aromatic N) is 4. The molecular formula is C22H27N5O3S. The molecule has 0 saturated heterocycles. The highest BCUT2D eigenvalue weighted by Crippen LogP contribution is 2.21. The van der Waals surface area contributed by atoms with Crippen molar-refractivity contribution in [3.05, 3.63) is 51.8 Å². The molecule has 31 heavy (non-hydrogen) atoms. The van der Waals surface area contributed by atoms with E-state index in [2.05, 4.69) is 34.5 Å². The van der Waals surface area contributed by atoms with Gasteiger partial charge in [-0.05, 0) is 56.0 Å². The monoisotopic (exact) mass is 441 g/mol. The molecule has 0 atom stereocenters. The number of methoxy groups -OCH3 is 1. The number of hydrogen-bond acceptors (Lipinski definition) is 7. The first kappa shape index (κ1) is 22.6. The van der Waals surface area contributed by atoms with Crippen LogP contribution in [-0.2, 0) is 22.4 Å². The quantitative estimate of drug-likeness (QED) is 0.532. The van der Waals surface area contributed by atoms with E-state index in [-0.39, 0.29) is 11.9 Å². The molecule has 0 aliphatic heterocycles. The number of carbonyl (C=O) groups is 2. The molecule has 1 N–H and O–H groups in total. The Morgan fingerprint density at radius 3 is 2.52 bits per heavy atom. The fraction of sp³-hybridized carbons (Fsp3) is 0.409. The standard InChI is InChI=1S/C22H27N5O3S/c1-13(2)12-19-24-25-22(31-19)23-21(29)16-6-8-17(9-7-16)27-15(4)18(14(3)26-27)10-11-20(28)30-5/h6-9,13H,10-12H2,1-5H3,(H,23,25,29). The molecule has 3 aromatic rings. The van der Waals surface area contributed by atoms with E-state index < -0.39 is 0 Å². The fourth-order valence-corrected chi connectivity index (χ4v) is 4.22. The smallest absolute Gasteiger partial charge is 0.305 e. The molecule has 0 unspecified atom stereocenters. The Kier molecular flexibility index (Phi) is 7.17. The third-order valence-corrected chi connectivity index (χ3v) is 5.75. The van der Waals surface area contributed by atoms with E-state index in [1.165, 1.54) is 18.4 Å². The molecule has 2 heterocycles. The van der Waals surface area contributed by atoms with Crippen molar-refractivity contribution < 1.29 is 14.3 Å². The van der Waals surface area contributed by atoms with E-state index in [0.29, 0.717) is 29.5 Å². The summed E-state index contributed by atoms with van der Waals surface area (Å²) in [6, 6.07) is 7.21. The van der Waals surface area contributed by atoms with Crippen LogP contribution in [0.25, 0.3) is 5.69 Å². The number of nitrogens with one attached hydrogen (secondary N) is 1. The number of anilines is 1. The summed E-state index contributed by atoms with van der Waals surface area (Å²) in [6.07, 6.45) is 1.73. The van der Waals surface area contributed by atoms with Crippen LogP contribution in [-0.4, -0.2) is 39.0 Å². The number of carbonyl (C=O) groups excluding carboxylic acids is 2. The maximum atomic E-state index is 12.6. The molecule has 0 radical (unpaired) electrons. The summed E-state index contributed by atoms with van der Waals surface area (Å²) in [6.45, 7) is 8.13. The topological polar surface area (TPSA) is 99.0 Å². The van der Waals surface area contributed by atoms with Crippen LogP contribution >= 0.6 is 11.3 Å². The lowest BCUT2D eigenvalue weighted by atomic mass is 10.1. The summed E-state index contributed by atoms with van der Waals surface area (Å²) >= 11 is 1.40. The zero-order valence-corrected chi connectivity index (χ0v) is 19.2. The van der Waals surface area contributed by atoms with Crippen LogP contribution in [0.1, 0.15) is 52.6 Å². The number of ether oxygens (including phenoxy) is 1. The van der Waals surface area contributed by atoms with Gasteiger partial charge in [-0.15, -0.1) is 10.2 Å². The van der Waals surface area contributed by atoms with Gasteiger partial charge in [0.1, 0.15) is 5.01 Å². The molecule has 0 bridgehead atoms. The van der Waals surface area contributed by atoms with Crippen LogP contribution in [0.15, 0.2) is 24.3 Å². The van der Waals surface area contributed by atoms with Gasteiger partial charge in [0.2, 0.25) is 5.13 Å². The molecule has 1 amide bonds. The van der Waals surface area contributed by atoms with Gasteiger partial charge in [-0.1, -0.05) is 25.2 Å². The average Bonchev–Trinajstić information content (AvgIpc) is 3.29. The van der Waals surface area contributed by atoms with Crippen molar-refractivity contribution in [3.8, 4) is 5.69 Å². The highest BCUT2D eigenvalue weighted by Gasteiger charge is 2.16. The molecule has 164 valence electrons. The normalized spacial score (nSPS) is 11.0. The van der Waals surface area contributed by atoms with Gasteiger partial charge in [0.25, 0.3) is 5.91 Å². The number of rotatable bonds is 8. The second kappa shape index (κ2) is 9.82. The molecular weight excluding hydrogens is 414 g/mol. The number of aromatic nitrogens is 4. The van der Waals surface area contributed by atoms with Crippen LogP contribution in [0, 0.1) is 19.8 Å². The van der Waals surface area contributed by atoms with Crippen molar-refractivity contribution in [2.45, 2.75) is 47.0 Å². The summed E-state index contributed by atoms with van der Waals surface area (Å²) < 4.78 is 6.55. The van der Waals surface area contributed by atoms with E-state index in [4.69, 9.17) is 4.74 Å². The molecule has 2 aromatic heterocycles. The highest BCUT2D eigenvalue weighted by molar-refractivity contribution is 7.15. The zero-order valence-electron chi connectivity index (χ0n) is 18.4. The SMILES string of the molecule is COC(=O)CCc1c(C)nn(-c2ccc(C(=O)Nc3nnc(CC(C)C)s3)cc2)c1C. The lowest BCUT2D eigenvalue weighted by Crippen LogP contribution is -2.12. The predicted molar refractivity (Wildman–Crippen MR) is 120 cm³/mol. The molecule has 0 fully saturated rings. The Morgan fingerprint density at radius 2 is 1.87 bits per heavy atom. The first-order valence-corrected chi connectivity index (χ1v) is 11.0.